The van der Waals surface area contributed by atoms with Crippen LogP contribution in [0.15, 0.2) is 48.2 Å². The SMILES string of the molecule is COC(=O)c1ccc(/C=C2\Oc3cc(OCC(C)=O)ccc3C2=O)cc1. The van der Waals surface area contributed by atoms with Crippen molar-refractivity contribution < 1.29 is 28.6 Å². The number of allylic oxidation sites excluding steroid dienone is 1. The molecule has 6 heteroatoms. The second-order valence-electron chi connectivity index (χ2n) is 5.70. The maximum absolute atomic E-state index is 12.4. The molecule has 26 heavy (non-hydrogen) atoms. The number of fused-ring (bicyclic) bond motifs is 1. The molecule has 3 rings (SSSR count). The second-order valence-corrected chi connectivity index (χ2v) is 5.70. The minimum Gasteiger partial charge on any atom is -0.486 e. The zero-order valence-corrected chi connectivity index (χ0v) is 14.3. The van der Waals surface area contributed by atoms with Crippen LogP contribution in [0.5, 0.6) is 11.5 Å². The van der Waals surface area contributed by atoms with Crippen LogP contribution < -0.4 is 9.47 Å². The summed E-state index contributed by atoms with van der Waals surface area (Å²) in [6.45, 7) is 1.39. The Hall–Kier alpha value is -3.41. The monoisotopic (exact) mass is 352 g/mol. The van der Waals surface area contributed by atoms with Crippen LogP contribution in [0.1, 0.15) is 33.2 Å². The molecule has 0 aromatic heterocycles. The Morgan fingerprint density at radius 1 is 1.12 bits per heavy atom. The highest BCUT2D eigenvalue weighted by molar-refractivity contribution is 6.14. The number of hydrogen-bond donors (Lipinski definition) is 0. The van der Waals surface area contributed by atoms with Gasteiger partial charge in [0.1, 0.15) is 18.1 Å². The van der Waals surface area contributed by atoms with Gasteiger partial charge in [0.2, 0.25) is 5.78 Å². The van der Waals surface area contributed by atoms with Crippen molar-refractivity contribution in [3.8, 4) is 11.5 Å². The maximum atomic E-state index is 12.4. The molecule has 0 fully saturated rings. The van der Waals surface area contributed by atoms with Crippen molar-refractivity contribution in [2.45, 2.75) is 6.92 Å². The lowest BCUT2D eigenvalue weighted by Gasteiger charge is -2.05. The first-order valence-corrected chi connectivity index (χ1v) is 7.87. The Balaban J connectivity index is 1.79. The molecule has 0 saturated carbocycles. The quantitative estimate of drug-likeness (QED) is 0.608. The summed E-state index contributed by atoms with van der Waals surface area (Å²) in [7, 11) is 1.31. The molecule has 0 aliphatic carbocycles. The minimum absolute atomic E-state index is 0.0397. The minimum atomic E-state index is -0.428. The number of Topliss-reactive ketones (excluding diaryl/α,β-unsaturated/α-hetero) is 2. The normalized spacial score (nSPS) is 13.9. The summed E-state index contributed by atoms with van der Waals surface area (Å²) in [4.78, 5) is 34.9. The van der Waals surface area contributed by atoms with Gasteiger partial charge in [0.25, 0.3) is 0 Å². The van der Waals surface area contributed by atoms with Gasteiger partial charge in [0.05, 0.1) is 18.2 Å². The van der Waals surface area contributed by atoms with Gasteiger partial charge in [-0.05, 0) is 42.8 Å². The fourth-order valence-electron chi connectivity index (χ4n) is 2.43. The molecule has 6 nitrogen and oxygen atoms in total. The van der Waals surface area contributed by atoms with Crippen LogP contribution in [0.2, 0.25) is 0 Å². The van der Waals surface area contributed by atoms with Crippen LogP contribution in [0.4, 0.5) is 0 Å². The van der Waals surface area contributed by atoms with Crippen molar-refractivity contribution in [2.24, 2.45) is 0 Å². The van der Waals surface area contributed by atoms with E-state index in [1.165, 1.54) is 14.0 Å². The molecule has 1 aliphatic heterocycles. The van der Waals surface area contributed by atoms with Crippen LogP contribution in [0, 0.1) is 0 Å². The molecular weight excluding hydrogens is 336 g/mol. The first-order chi connectivity index (χ1) is 12.5. The molecule has 2 aromatic rings. The highest BCUT2D eigenvalue weighted by Gasteiger charge is 2.27. The Morgan fingerprint density at radius 3 is 2.50 bits per heavy atom. The summed E-state index contributed by atoms with van der Waals surface area (Å²) < 4.78 is 15.6. The highest BCUT2D eigenvalue weighted by Crippen LogP contribution is 2.34. The largest absolute Gasteiger partial charge is 0.486 e. The number of hydrogen-bond acceptors (Lipinski definition) is 6. The molecule has 0 spiro atoms. The molecule has 1 aliphatic rings. The zero-order chi connectivity index (χ0) is 18.7. The van der Waals surface area contributed by atoms with E-state index in [1.54, 1.807) is 48.5 Å². The summed E-state index contributed by atoms with van der Waals surface area (Å²) in [6, 6.07) is 11.4. The molecular formula is C20H16O6. The van der Waals surface area contributed by atoms with Gasteiger partial charge in [-0.15, -0.1) is 0 Å². The number of ether oxygens (including phenoxy) is 3. The standard InChI is InChI=1S/C20H16O6/c1-12(21)11-25-15-7-8-16-17(10-15)26-18(19(16)22)9-13-3-5-14(6-4-13)20(23)24-2/h3-10H,11H2,1-2H3/b18-9-. The number of rotatable bonds is 5. The summed E-state index contributed by atoms with van der Waals surface area (Å²) in [5.41, 5.74) is 1.56. The van der Waals surface area contributed by atoms with Crippen LogP contribution >= 0.6 is 0 Å². The van der Waals surface area contributed by atoms with E-state index in [2.05, 4.69) is 4.74 Å². The van der Waals surface area contributed by atoms with Crippen molar-refractivity contribution in [3.05, 3.63) is 64.9 Å². The first kappa shape index (κ1) is 17.4. The van der Waals surface area contributed by atoms with Gasteiger partial charge in [-0.2, -0.15) is 0 Å². The van der Waals surface area contributed by atoms with E-state index in [0.29, 0.717) is 28.2 Å². The molecule has 0 radical (unpaired) electrons. The van der Waals surface area contributed by atoms with Crippen molar-refractivity contribution >= 4 is 23.6 Å². The van der Waals surface area contributed by atoms with Gasteiger partial charge < -0.3 is 14.2 Å². The number of carbonyl (C=O) groups excluding carboxylic acids is 3. The number of esters is 1. The maximum Gasteiger partial charge on any atom is 0.337 e. The Morgan fingerprint density at radius 2 is 1.85 bits per heavy atom. The fourth-order valence-corrected chi connectivity index (χ4v) is 2.43. The van der Waals surface area contributed by atoms with Gasteiger partial charge >= 0.3 is 5.97 Å². The van der Waals surface area contributed by atoms with E-state index in [4.69, 9.17) is 9.47 Å². The van der Waals surface area contributed by atoms with Gasteiger partial charge in [-0.25, -0.2) is 4.79 Å². The molecule has 2 aromatic carbocycles. The number of methoxy groups -OCH3 is 1. The van der Waals surface area contributed by atoms with E-state index in [1.807, 2.05) is 0 Å². The molecule has 0 amide bonds. The summed E-state index contributed by atoms with van der Waals surface area (Å²) in [5.74, 6) is 0.245. The van der Waals surface area contributed by atoms with E-state index in [0.717, 1.165) is 0 Å². The average molecular weight is 352 g/mol. The second kappa shape index (κ2) is 7.23. The van der Waals surface area contributed by atoms with Crippen molar-refractivity contribution in [1.29, 1.82) is 0 Å². The van der Waals surface area contributed by atoms with Crippen molar-refractivity contribution in [3.63, 3.8) is 0 Å². The summed E-state index contributed by atoms with van der Waals surface area (Å²) in [5, 5.41) is 0. The predicted octanol–water partition coefficient (Wildman–Crippen LogP) is 3.06. The summed E-state index contributed by atoms with van der Waals surface area (Å²) in [6.07, 6.45) is 1.60. The Labute approximate surface area is 150 Å². The topological polar surface area (TPSA) is 78.9 Å². The third-order valence-electron chi connectivity index (χ3n) is 3.71. The lowest BCUT2D eigenvalue weighted by molar-refractivity contribution is -0.118. The first-order valence-electron chi connectivity index (χ1n) is 7.87. The fraction of sp³-hybridized carbons (Fsp3) is 0.150. The Bertz CT molecular complexity index is 908. The highest BCUT2D eigenvalue weighted by atomic mass is 16.5. The average Bonchev–Trinajstić information content (AvgIpc) is 2.95. The third kappa shape index (κ3) is 3.64. The predicted molar refractivity (Wildman–Crippen MR) is 93.3 cm³/mol. The number of benzene rings is 2. The van der Waals surface area contributed by atoms with Gasteiger partial charge in [0, 0.05) is 6.07 Å². The van der Waals surface area contributed by atoms with Gasteiger partial charge in [-0.1, -0.05) is 12.1 Å². The molecule has 0 N–H and O–H groups in total. The lowest BCUT2D eigenvalue weighted by atomic mass is 10.1. The van der Waals surface area contributed by atoms with Crippen LogP contribution in [-0.2, 0) is 9.53 Å². The van der Waals surface area contributed by atoms with Crippen molar-refractivity contribution in [2.75, 3.05) is 13.7 Å². The third-order valence-corrected chi connectivity index (χ3v) is 3.71. The van der Waals surface area contributed by atoms with Crippen LogP contribution in [0.25, 0.3) is 6.08 Å². The van der Waals surface area contributed by atoms with Gasteiger partial charge in [0.15, 0.2) is 11.5 Å². The lowest BCUT2D eigenvalue weighted by Crippen LogP contribution is -2.06. The smallest absolute Gasteiger partial charge is 0.337 e. The molecule has 0 atom stereocenters. The number of carbonyl (C=O) groups is 3. The van der Waals surface area contributed by atoms with E-state index in [-0.39, 0.29) is 23.9 Å². The number of ketones is 2. The van der Waals surface area contributed by atoms with E-state index >= 15 is 0 Å². The molecule has 0 bridgehead atoms. The molecule has 0 unspecified atom stereocenters. The summed E-state index contributed by atoms with van der Waals surface area (Å²) >= 11 is 0. The molecule has 1 heterocycles. The molecule has 132 valence electrons. The van der Waals surface area contributed by atoms with Gasteiger partial charge in [-0.3, -0.25) is 9.59 Å². The van der Waals surface area contributed by atoms with E-state index < -0.39 is 5.97 Å². The van der Waals surface area contributed by atoms with Crippen LogP contribution in [0.3, 0.4) is 0 Å². The van der Waals surface area contributed by atoms with Crippen LogP contribution in [-0.4, -0.2) is 31.3 Å². The zero-order valence-electron chi connectivity index (χ0n) is 14.3. The molecule has 0 saturated heterocycles. The van der Waals surface area contributed by atoms with Crippen molar-refractivity contribution in [1.82, 2.24) is 0 Å². The van der Waals surface area contributed by atoms with E-state index in [9.17, 15) is 14.4 Å². The Kier molecular flexibility index (Phi) is 4.84.